The van der Waals surface area contributed by atoms with E-state index in [1.54, 1.807) is 61.6 Å². The summed E-state index contributed by atoms with van der Waals surface area (Å²) in [6, 6.07) is 19.3. The summed E-state index contributed by atoms with van der Waals surface area (Å²) in [5, 5.41) is 0. The van der Waals surface area contributed by atoms with Gasteiger partial charge in [0, 0.05) is 0 Å². The summed E-state index contributed by atoms with van der Waals surface area (Å²) in [5.74, 6) is 12.2. The lowest BCUT2D eigenvalue weighted by Crippen LogP contribution is -2.23. The summed E-state index contributed by atoms with van der Waals surface area (Å²) in [6.45, 7) is 9.53. The van der Waals surface area contributed by atoms with Crippen molar-refractivity contribution in [3.05, 3.63) is 70.8 Å². The Kier molecular flexibility index (Phi) is 19.0. The minimum atomic E-state index is 0.946. The standard InChI is InChI=1S/2C30H48/c2*1-3-24-8-10-26(11-9-24)21-28-16-18-30(19-17-28)22-29-14-12-27(13-15-29)20-25-6-4-23(2)5-7-25/h16-19,23-27,29H,3-15,20-22H2,1-2H3;8-11,23,25,27-30H,3-7,12-22H2,1-2H3. The Labute approximate surface area is 373 Å². The molecule has 0 radical (unpaired) electrons. The molecule has 0 heteroatoms. The van der Waals surface area contributed by atoms with Crippen molar-refractivity contribution < 1.29 is 0 Å². The third-order valence-electron chi connectivity index (χ3n) is 18.7. The van der Waals surface area contributed by atoms with Crippen LogP contribution in [0.25, 0.3) is 0 Å². The number of hydrogen-bond donors (Lipinski definition) is 0. The summed E-state index contributed by atoms with van der Waals surface area (Å²) in [6.07, 6.45) is 47.4. The largest absolute Gasteiger partial charge is 0.0651 e. The Bertz CT molecular complexity index is 1400. The molecule has 0 nitrogen and oxygen atoms in total. The highest BCUT2D eigenvalue weighted by Gasteiger charge is 2.30. The van der Waals surface area contributed by atoms with Gasteiger partial charge in [0.15, 0.2) is 0 Å². The fourth-order valence-electron chi connectivity index (χ4n) is 14.2. The van der Waals surface area contributed by atoms with Crippen molar-refractivity contribution in [2.24, 2.45) is 71.0 Å². The molecule has 0 atom stereocenters. The molecular weight excluding hydrogens is 721 g/mol. The predicted molar refractivity (Wildman–Crippen MR) is 262 cm³/mol. The summed E-state index contributed by atoms with van der Waals surface area (Å²) < 4.78 is 0. The molecule has 0 amide bonds. The maximum Gasteiger partial charge on any atom is -0.0250 e. The molecule has 6 fully saturated rings. The first-order chi connectivity index (χ1) is 29.3. The van der Waals surface area contributed by atoms with Gasteiger partial charge in [-0.2, -0.15) is 0 Å². The molecule has 0 spiro atoms. The first-order valence-corrected chi connectivity index (χ1v) is 27.5. The average molecular weight is 817 g/mol. The van der Waals surface area contributed by atoms with Crippen LogP contribution in [0.1, 0.15) is 230 Å². The van der Waals surface area contributed by atoms with Crippen molar-refractivity contribution in [3.8, 4) is 0 Å². The molecule has 0 N–H and O–H groups in total. The maximum absolute atomic E-state index is 2.46. The molecule has 336 valence electrons. The molecule has 2 aromatic carbocycles. The Morgan fingerprint density at radius 2 is 0.500 bits per heavy atom. The first-order valence-electron chi connectivity index (χ1n) is 27.5. The Hall–Kier alpha value is -1.56. The predicted octanol–water partition coefficient (Wildman–Crippen LogP) is 18.0. The van der Waals surface area contributed by atoms with Gasteiger partial charge in [0.2, 0.25) is 0 Å². The van der Waals surface area contributed by atoms with Gasteiger partial charge in [0.25, 0.3) is 0 Å². The van der Waals surface area contributed by atoms with Crippen molar-refractivity contribution in [1.82, 2.24) is 0 Å². The molecule has 0 bridgehead atoms. The van der Waals surface area contributed by atoms with E-state index < -0.39 is 0 Å². The van der Waals surface area contributed by atoms with E-state index in [9.17, 15) is 0 Å². The van der Waals surface area contributed by atoms with Crippen LogP contribution in [-0.4, -0.2) is 0 Å². The first kappa shape index (κ1) is 46.4. The fraction of sp³-hybridized carbons (Fsp3) is 0.800. The van der Waals surface area contributed by atoms with E-state index in [4.69, 9.17) is 0 Å². The van der Waals surface area contributed by atoms with Crippen molar-refractivity contribution >= 4 is 0 Å². The van der Waals surface area contributed by atoms with Gasteiger partial charge in [-0.05, 0) is 177 Å². The second kappa shape index (κ2) is 24.5. The smallest absolute Gasteiger partial charge is 0.0250 e. The lowest BCUT2D eigenvalue weighted by Gasteiger charge is -2.36. The van der Waals surface area contributed by atoms with Crippen molar-refractivity contribution in [2.75, 3.05) is 0 Å². The Morgan fingerprint density at radius 1 is 0.283 bits per heavy atom. The second-order valence-electron chi connectivity index (χ2n) is 23.5. The highest BCUT2D eigenvalue weighted by molar-refractivity contribution is 5.24. The third-order valence-corrected chi connectivity index (χ3v) is 18.7. The van der Waals surface area contributed by atoms with E-state index in [2.05, 4.69) is 76.2 Å². The van der Waals surface area contributed by atoms with Crippen LogP contribution >= 0.6 is 0 Å². The van der Waals surface area contributed by atoms with Crippen LogP contribution in [-0.2, 0) is 25.7 Å². The molecule has 6 saturated carbocycles. The molecule has 8 rings (SSSR count). The minimum Gasteiger partial charge on any atom is -0.0651 e. The molecule has 6 aliphatic carbocycles. The fourth-order valence-corrected chi connectivity index (χ4v) is 14.2. The molecule has 2 aromatic rings. The van der Waals surface area contributed by atoms with Crippen LogP contribution in [0.15, 0.2) is 48.5 Å². The maximum atomic E-state index is 2.46. The zero-order valence-corrected chi connectivity index (χ0v) is 40.2. The molecule has 0 heterocycles. The highest BCUT2D eigenvalue weighted by atomic mass is 14.4. The monoisotopic (exact) mass is 817 g/mol. The van der Waals surface area contributed by atoms with Gasteiger partial charge >= 0.3 is 0 Å². The van der Waals surface area contributed by atoms with Crippen LogP contribution in [0.5, 0.6) is 0 Å². The van der Waals surface area contributed by atoms with E-state index in [-0.39, 0.29) is 0 Å². The van der Waals surface area contributed by atoms with Crippen molar-refractivity contribution in [1.29, 1.82) is 0 Å². The molecule has 0 unspecified atom stereocenters. The van der Waals surface area contributed by atoms with E-state index in [0.717, 1.165) is 77.4 Å². The lowest BCUT2D eigenvalue weighted by atomic mass is 9.70. The zero-order valence-electron chi connectivity index (χ0n) is 40.2. The summed E-state index contributed by atoms with van der Waals surface area (Å²) >= 11 is 0. The summed E-state index contributed by atoms with van der Waals surface area (Å²) in [5.41, 5.74) is 6.23. The van der Waals surface area contributed by atoms with Gasteiger partial charge < -0.3 is 0 Å². The summed E-state index contributed by atoms with van der Waals surface area (Å²) in [4.78, 5) is 0. The van der Waals surface area contributed by atoms with Gasteiger partial charge in [-0.3, -0.25) is 0 Å². The van der Waals surface area contributed by atoms with E-state index >= 15 is 0 Å². The Morgan fingerprint density at radius 3 is 0.750 bits per heavy atom. The van der Waals surface area contributed by atoms with Gasteiger partial charge in [0.05, 0.1) is 0 Å². The van der Waals surface area contributed by atoms with Gasteiger partial charge in [-0.15, -0.1) is 0 Å². The topological polar surface area (TPSA) is 0 Å². The van der Waals surface area contributed by atoms with Gasteiger partial charge in [0.1, 0.15) is 0 Å². The number of aryl methyl sites for hydroxylation is 1. The van der Waals surface area contributed by atoms with Gasteiger partial charge in [-0.25, -0.2) is 0 Å². The highest BCUT2D eigenvalue weighted by Crippen LogP contribution is 2.43. The molecule has 0 saturated heterocycles. The van der Waals surface area contributed by atoms with Gasteiger partial charge in [-0.1, -0.05) is 198 Å². The quantitative estimate of drug-likeness (QED) is 0.178. The van der Waals surface area contributed by atoms with Crippen LogP contribution < -0.4 is 0 Å². The normalized spacial score (nSPS) is 35.3. The third kappa shape index (κ3) is 15.3. The minimum absolute atomic E-state index is 0.946. The molecule has 0 aliphatic heterocycles. The SMILES string of the molecule is CCC1CCC(Cc2ccc(CC3CCC(CC4CCC(C)CC4)CC3)cc2)CC1.CCc1ccc(CC2CCC(CC3CCC(CC4CCC(C)CC4)CC3)CC2)cc1. The molecule has 0 aromatic heterocycles. The van der Waals surface area contributed by atoms with E-state index in [0.29, 0.717) is 0 Å². The van der Waals surface area contributed by atoms with Crippen LogP contribution in [0.2, 0.25) is 0 Å². The molecular formula is C60H96. The number of rotatable bonds is 14. The summed E-state index contributed by atoms with van der Waals surface area (Å²) in [7, 11) is 0. The lowest BCUT2D eigenvalue weighted by molar-refractivity contribution is 0.166. The van der Waals surface area contributed by atoms with E-state index in [1.165, 1.54) is 160 Å². The van der Waals surface area contributed by atoms with Crippen LogP contribution in [0.4, 0.5) is 0 Å². The number of hydrogen-bond acceptors (Lipinski definition) is 0. The van der Waals surface area contributed by atoms with Crippen molar-refractivity contribution in [2.45, 2.75) is 233 Å². The van der Waals surface area contributed by atoms with E-state index in [1.807, 2.05) is 0 Å². The van der Waals surface area contributed by atoms with Crippen LogP contribution in [0, 0.1) is 71.0 Å². The second-order valence-corrected chi connectivity index (χ2v) is 23.5. The molecule has 60 heavy (non-hydrogen) atoms. The Balaban J connectivity index is 0.000000181. The van der Waals surface area contributed by atoms with Crippen molar-refractivity contribution in [3.63, 3.8) is 0 Å². The average Bonchev–Trinajstić information content (AvgIpc) is 3.29. The number of benzene rings is 2. The van der Waals surface area contributed by atoms with Crippen LogP contribution in [0.3, 0.4) is 0 Å². The molecule has 6 aliphatic rings. The zero-order chi connectivity index (χ0) is 41.5.